The van der Waals surface area contributed by atoms with Gasteiger partial charge in [-0.3, -0.25) is 9.79 Å². The highest BCUT2D eigenvalue weighted by Gasteiger charge is 2.78. The third-order valence-electron chi connectivity index (χ3n) is 3.67. The molecule has 1 aliphatic rings. The number of carbonyl (C=O) groups excluding carboxylic acids is 1. The first-order valence-electron chi connectivity index (χ1n) is 6.40. The van der Waals surface area contributed by atoms with E-state index in [-0.39, 0.29) is 5.56 Å². The second-order valence-corrected chi connectivity index (χ2v) is 4.97. The zero-order valence-corrected chi connectivity index (χ0v) is 11.7. The second kappa shape index (κ2) is 5.54. The maximum absolute atomic E-state index is 13.3. The third kappa shape index (κ3) is 2.68. The molecule has 0 radical (unpaired) electrons. The largest absolute Gasteiger partial charge is 0.469 e. The Morgan fingerprint density at radius 1 is 1.13 bits per heavy atom. The Bertz CT molecular complexity index is 606. The molecule has 0 saturated heterocycles. The lowest BCUT2D eigenvalue weighted by Crippen LogP contribution is -2.60. The van der Waals surface area contributed by atoms with Crippen molar-refractivity contribution in [2.45, 2.75) is 24.3 Å². The summed E-state index contributed by atoms with van der Waals surface area (Å²) in [5.74, 6) is -4.11. The zero-order chi connectivity index (χ0) is 17.5. The fraction of sp³-hybridized carbons (Fsp3) is 0.429. The molecule has 1 aliphatic heterocycles. The van der Waals surface area contributed by atoms with Gasteiger partial charge in [-0.25, -0.2) is 0 Å². The standard InChI is InChI=1S/C14H11F6NO2/c1-23-11(22)9-7-10(8-5-3-2-4-6-8)21-12(9,13(15,16)17)14(18,19)20/h2-6,9H,7H2,1H3. The highest BCUT2D eigenvalue weighted by Crippen LogP contribution is 2.55. The maximum Gasteiger partial charge on any atom is 0.423 e. The monoisotopic (exact) mass is 339 g/mol. The SMILES string of the molecule is COC(=O)C1CC(c2ccccc2)=NC1(C(F)(F)F)C(F)(F)F. The van der Waals surface area contributed by atoms with Crippen LogP contribution in [0.2, 0.25) is 0 Å². The number of nitrogens with zero attached hydrogens (tertiary/aromatic N) is 1. The minimum atomic E-state index is -5.79. The van der Waals surface area contributed by atoms with Crippen LogP contribution < -0.4 is 0 Å². The number of carbonyl (C=O) groups is 1. The number of hydrogen-bond donors (Lipinski definition) is 0. The maximum atomic E-state index is 13.3. The van der Waals surface area contributed by atoms with Gasteiger partial charge >= 0.3 is 18.3 Å². The van der Waals surface area contributed by atoms with Gasteiger partial charge in [-0.1, -0.05) is 30.3 Å². The van der Waals surface area contributed by atoms with Crippen LogP contribution in [-0.4, -0.2) is 36.7 Å². The molecule has 0 N–H and O–H groups in total. The molecule has 9 heteroatoms. The highest BCUT2D eigenvalue weighted by molar-refractivity contribution is 6.05. The van der Waals surface area contributed by atoms with Crippen molar-refractivity contribution in [3.8, 4) is 0 Å². The van der Waals surface area contributed by atoms with Gasteiger partial charge in [0.05, 0.1) is 7.11 Å². The number of esters is 1. The van der Waals surface area contributed by atoms with E-state index >= 15 is 0 Å². The smallest absolute Gasteiger partial charge is 0.423 e. The summed E-state index contributed by atoms with van der Waals surface area (Å²) in [6.07, 6.45) is -12.4. The summed E-state index contributed by atoms with van der Waals surface area (Å²) < 4.78 is 84.0. The van der Waals surface area contributed by atoms with Crippen LogP contribution in [0.15, 0.2) is 35.3 Å². The molecule has 2 rings (SSSR count). The minimum absolute atomic E-state index is 0.0942. The van der Waals surface area contributed by atoms with Crippen LogP contribution in [0, 0.1) is 5.92 Å². The summed E-state index contributed by atoms with van der Waals surface area (Å²) in [5.41, 5.74) is -4.84. The first kappa shape index (κ1) is 17.3. The molecule has 1 unspecified atom stereocenters. The lowest BCUT2D eigenvalue weighted by Gasteiger charge is -2.34. The van der Waals surface area contributed by atoms with Crippen LogP contribution in [-0.2, 0) is 9.53 Å². The summed E-state index contributed by atoms with van der Waals surface area (Å²) in [4.78, 5) is 14.6. The van der Waals surface area contributed by atoms with E-state index in [2.05, 4.69) is 9.73 Å². The predicted molar refractivity (Wildman–Crippen MR) is 67.9 cm³/mol. The first-order valence-corrected chi connectivity index (χ1v) is 6.40. The van der Waals surface area contributed by atoms with Gasteiger partial charge in [-0.05, 0) is 5.56 Å². The van der Waals surface area contributed by atoms with Gasteiger partial charge in [0.15, 0.2) is 0 Å². The minimum Gasteiger partial charge on any atom is -0.469 e. The number of rotatable bonds is 2. The molecule has 1 aromatic carbocycles. The van der Waals surface area contributed by atoms with Gasteiger partial charge in [-0.15, -0.1) is 0 Å². The molecule has 0 aliphatic carbocycles. The van der Waals surface area contributed by atoms with E-state index in [1.165, 1.54) is 24.3 Å². The van der Waals surface area contributed by atoms with Crippen molar-refractivity contribution >= 4 is 11.7 Å². The normalized spacial score (nSPS) is 21.0. The van der Waals surface area contributed by atoms with Crippen molar-refractivity contribution in [3.05, 3.63) is 35.9 Å². The Balaban J connectivity index is 2.66. The third-order valence-corrected chi connectivity index (χ3v) is 3.67. The number of methoxy groups -OCH3 is 1. The molecule has 23 heavy (non-hydrogen) atoms. The predicted octanol–water partition coefficient (Wildman–Crippen LogP) is 3.53. The van der Waals surface area contributed by atoms with Crippen LogP contribution in [0.3, 0.4) is 0 Å². The number of halogens is 6. The molecule has 1 heterocycles. The fourth-order valence-electron chi connectivity index (χ4n) is 2.57. The van der Waals surface area contributed by atoms with Crippen LogP contribution in [0.5, 0.6) is 0 Å². The van der Waals surface area contributed by atoms with Gasteiger partial charge in [-0.2, -0.15) is 26.3 Å². The van der Waals surface area contributed by atoms with Gasteiger partial charge < -0.3 is 4.74 Å². The van der Waals surface area contributed by atoms with Gasteiger partial charge in [0.25, 0.3) is 5.54 Å². The highest BCUT2D eigenvalue weighted by atomic mass is 19.4. The Kier molecular flexibility index (Phi) is 4.16. The average molecular weight is 339 g/mol. The van der Waals surface area contributed by atoms with Crippen LogP contribution in [0.4, 0.5) is 26.3 Å². The number of benzene rings is 1. The number of hydrogen-bond acceptors (Lipinski definition) is 3. The number of ether oxygens (including phenoxy) is 1. The van der Waals surface area contributed by atoms with Gasteiger partial charge in [0.1, 0.15) is 5.92 Å². The van der Waals surface area contributed by atoms with Crippen molar-refractivity contribution in [1.82, 2.24) is 0 Å². The van der Waals surface area contributed by atoms with Crippen molar-refractivity contribution in [2.24, 2.45) is 10.9 Å². The van der Waals surface area contributed by atoms with E-state index < -0.39 is 41.9 Å². The summed E-state index contributed by atoms with van der Waals surface area (Å²) in [6.45, 7) is 0. The molecule has 0 fully saturated rings. The Morgan fingerprint density at radius 3 is 2.09 bits per heavy atom. The quantitative estimate of drug-likeness (QED) is 0.611. The van der Waals surface area contributed by atoms with Crippen molar-refractivity contribution in [1.29, 1.82) is 0 Å². The van der Waals surface area contributed by atoms with Crippen LogP contribution in [0.1, 0.15) is 12.0 Å². The lowest BCUT2D eigenvalue weighted by atomic mass is 9.82. The summed E-state index contributed by atoms with van der Waals surface area (Å²) in [7, 11) is 0.736. The van der Waals surface area contributed by atoms with E-state index in [1.54, 1.807) is 6.07 Å². The first-order chi connectivity index (χ1) is 10.5. The van der Waals surface area contributed by atoms with Gasteiger partial charge in [0, 0.05) is 12.1 Å². The van der Waals surface area contributed by atoms with Crippen molar-refractivity contribution in [3.63, 3.8) is 0 Å². The summed E-state index contributed by atoms with van der Waals surface area (Å²) in [6, 6.07) is 7.11. The Labute approximate surface area is 127 Å². The molecule has 3 nitrogen and oxygen atoms in total. The van der Waals surface area contributed by atoms with Crippen molar-refractivity contribution < 1.29 is 35.9 Å². The molecule has 0 spiro atoms. The summed E-state index contributed by atoms with van der Waals surface area (Å²) >= 11 is 0. The number of alkyl halides is 6. The molecule has 0 aromatic heterocycles. The van der Waals surface area contributed by atoms with Crippen molar-refractivity contribution in [2.75, 3.05) is 7.11 Å². The van der Waals surface area contributed by atoms with E-state index in [4.69, 9.17) is 0 Å². The fourth-order valence-corrected chi connectivity index (χ4v) is 2.57. The average Bonchev–Trinajstić information content (AvgIpc) is 2.88. The van der Waals surface area contributed by atoms with Crippen LogP contribution in [0.25, 0.3) is 0 Å². The van der Waals surface area contributed by atoms with E-state index in [1.807, 2.05) is 0 Å². The van der Waals surface area contributed by atoms with E-state index in [0.29, 0.717) is 0 Å². The van der Waals surface area contributed by atoms with Crippen LogP contribution >= 0.6 is 0 Å². The summed E-state index contributed by atoms with van der Waals surface area (Å²) in [5, 5.41) is 0. The molecule has 1 aromatic rings. The topological polar surface area (TPSA) is 38.7 Å². The molecular weight excluding hydrogens is 328 g/mol. The Hall–Kier alpha value is -2.06. The lowest BCUT2D eigenvalue weighted by molar-refractivity contribution is -0.305. The molecule has 1 atom stereocenters. The molecule has 0 bridgehead atoms. The Morgan fingerprint density at radius 2 is 1.65 bits per heavy atom. The number of aliphatic imine (C=N–C) groups is 1. The van der Waals surface area contributed by atoms with E-state index in [9.17, 15) is 31.1 Å². The molecule has 126 valence electrons. The van der Waals surface area contributed by atoms with Gasteiger partial charge in [0.2, 0.25) is 0 Å². The zero-order valence-electron chi connectivity index (χ0n) is 11.7. The van der Waals surface area contributed by atoms with E-state index in [0.717, 1.165) is 7.11 Å². The molecular formula is C14H11F6NO2. The molecule has 0 saturated carbocycles. The second-order valence-electron chi connectivity index (χ2n) is 4.97. The molecule has 0 amide bonds.